The van der Waals surface area contributed by atoms with Crippen LogP contribution in [-0.4, -0.2) is 52.3 Å². The Balaban J connectivity index is 1.71. The van der Waals surface area contributed by atoms with Gasteiger partial charge in [0, 0.05) is 12.6 Å². The monoisotopic (exact) mass is 408 g/mol. The van der Waals surface area contributed by atoms with Crippen LogP contribution < -0.4 is 5.32 Å². The number of hydrogen-bond donors (Lipinski definition) is 2. The van der Waals surface area contributed by atoms with E-state index >= 15 is 0 Å². The fourth-order valence-corrected chi connectivity index (χ4v) is 5.39. The molecule has 1 saturated heterocycles. The number of carbonyl (C=O) groups is 1. The van der Waals surface area contributed by atoms with E-state index in [-0.39, 0.29) is 12.5 Å². The lowest BCUT2D eigenvalue weighted by atomic mass is 9.72. The number of carboxylic acids is 1. The number of piperidine rings is 1. The van der Waals surface area contributed by atoms with Crippen molar-refractivity contribution in [1.82, 2.24) is 10.2 Å². The predicted octanol–water partition coefficient (Wildman–Crippen LogP) is 3.21. The first kappa shape index (κ1) is 20.8. The number of aliphatic imine (C=N–C) groups is 2. The van der Waals surface area contributed by atoms with Gasteiger partial charge in [0.2, 0.25) is 6.19 Å². The molecule has 1 saturated carbocycles. The topological polar surface area (TPSA) is 101 Å². The zero-order valence-corrected chi connectivity index (χ0v) is 17.3. The molecule has 159 valence electrons. The Morgan fingerprint density at radius 1 is 1.30 bits per heavy atom. The number of nitrogens with one attached hydrogen (secondary N) is 1. The number of nitriles is 1. The second-order valence-electron chi connectivity index (χ2n) is 8.68. The van der Waals surface area contributed by atoms with Gasteiger partial charge in [0.25, 0.3) is 0 Å². The zero-order valence-electron chi connectivity index (χ0n) is 17.3. The molecule has 7 nitrogen and oxygen atoms in total. The Morgan fingerprint density at radius 3 is 2.77 bits per heavy atom. The highest BCUT2D eigenvalue weighted by molar-refractivity contribution is 6.04. The van der Waals surface area contributed by atoms with Crippen molar-refractivity contribution in [3.63, 3.8) is 0 Å². The summed E-state index contributed by atoms with van der Waals surface area (Å²) >= 11 is 0. The summed E-state index contributed by atoms with van der Waals surface area (Å²) in [6.07, 6.45) is 20.3. The molecule has 0 aromatic heterocycles. The molecule has 3 atom stereocenters. The largest absolute Gasteiger partial charge is 0.481 e. The molecule has 0 aromatic rings. The molecule has 2 heterocycles. The zero-order chi connectivity index (χ0) is 21.0. The molecule has 1 radical (unpaired) electrons. The van der Waals surface area contributed by atoms with Crippen LogP contribution in [0.15, 0.2) is 34.3 Å². The smallest absolute Gasteiger partial charge is 0.304 e. The normalized spacial score (nSPS) is 33.5. The Hall–Kier alpha value is -2.46. The van der Waals surface area contributed by atoms with Crippen LogP contribution in [0.4, 0.5) is 0 Å². The van der Waals surface area contributed by atoms with Crippen molar-refractivity contribution < 1.29 is 9.90 Å². The minimum absolute atomic E-state index is 0.0285. The molecule has 3 unspecified atom stereocenters. The van der Waals surface area contributed by atoms with Gasteiger partial charge >= 0.3 is 5.97 Å². The summed E-state index contributed by atoms with van der Waals surface area (Å²) in [7, 11) is 0. The lowest BCUT2D eigenvalue weighted by Crippen LogP contribution is -2.60. The summed E-state index contributed by atoms with van der Waals surface area (Å²) in [6.45, 7) is 0.777. The minimum Gasteiger partial charge on any atom is -0.481 e. The highest BCUT2D eigenvalue weighted by atomic mass is 16.4. The molecule has 7 heteroatoms. The van der Waals surface area contributed by atoms with Gasteiger partial charge in [-0.25, -0.2) is 0 Å². The molecule has 2 aliphatic heterocycles. The maximum atomic E-state index is 12.0. The van der Waals surface area contributed by atoms with Crippen LogP contribution in [-0.2, 0) is 4.79 Å². The maximum absolute atomic E-state index is 12.0. The van der Waals surface area contributed by atoms with E-state index in [4.69, 9.17) is 4.99 Å². The van der Waals surface area contributed by atoms with Crippen molar-refractivity contribution in [2.75, 3.05) is 6.54 Å². The average molecular weight is 409 g/mol. The summed E-state index contributed by atoms with van der Waals surface area (Å²) in [5.41, 5.74) is -0.0335. The fraction of sp³-hybridized carbons (Fsp3) is 0.609. The fourth-order valence-electron chi connectivity index (χ4n) is 5.39. The Morgan fingerprint density at radius 2 is 2.07 bits per heavy atom. The molecule has 2 fully saturated rings. The van der Waals surface area contributed by atoms with Crippen LogP contribution in [0.2, 0.25) is 0 Å². The molecule has 0 amide bonds. The number of hydrogen-bond acceptors (Lipinski definition) is 5. The molecule has 4 rings (SSSR count). The van der Waals surface area contributed by atoms with E-state index < -0.39 is 17.6 Å². The van der Waals surface area contributed by atoms with Gasteiger partial charge in [-0.05, 0) is 31.8 Å². The van der Waals surface area contributed by atoms with Gasteiger partial charge in [0.05, 0.1) is 23.6 Å². The number of rotatable bonds is 4. The first-order valence-corrected chi connectivity index (χ1v) is 11.1. The number of carboxylic acid groups (broad SMARTS) is 1. The first-order valence-electron chi connectivity index (χ1n) is 11.1. The van der Waals surface area contributed by atoms with Crippen LogP contribution in [0.25, 0.3) is 0 Å². The van der Waals surface area contributed by atoms with E-state index in [0.29, 0.717) is 11.9 Å². The molecule has 30 heavy (non-hydrogen) atoms. The third-order valence-corrected chi connectivity index (χ3v) is 6.79. The van der Waals surface area contributed by atoms with E-state index in [1.807, 2.05) is 36.9 Å². The number of likely N-dealkylation sites (tertiary alicyclic amines) is 1. The van der Waals surface area contributed by atoms with Gasteiger partial charge in [-0.3, -0.25) is 15.1 Å². The van der Waals surface area contributed by atoms with E-state index in [0.717, 1.165) is 44.4 Å². The quantitative estimate of drug-likeness (QED) is 0.696. The molecular formula is C23H30N5O2. The van der Waals surface area contributed by atoms with Gasteiger partial charge in [-0.2, -0.15) is 10.3 Å². The Labute approximate surface area is 178 Å². The highest BCUT2D eigenvalue weighted by Gasteiger charge is 2.53. The van der Waals surface area contributed by atoms with Crippen molar-refractivity contribution in [3.8, 4) is 6.19 Å². The minimum atomic E-state index is -0.936. The molecule has 0 bridgehead atoms. The average Bonchev–Trinajstić information content (AvgIpc) is 3.14. The predicted molar refractivity (Wildman–Crippen MR) is 116 cm³/mol. The molecular weight excluding hydrogens is 378 g/mol. The Kier molecular flexibility index (Phi) is 6.33. The molecule has 2 aliphatic carbocycles. The standard InChI is InChI=1S/C23H30N5O2/c24-16-25-22-23(15-20(29)30,21-26-18-11-6-7-12-19(18)27-21)13-8-14-28(22)17-9-4-2-1-3-5-10-17/h6-7,11-13,17-18,21,26H,1-5,8-10,14-15H2,(H,29,30). The van der Waals surface area contributed by atoms with E-state index in [1.54, 1.807) is 0 Å². The molecule has 0 spiro atoms. The van der Waals surface area contributed by atoms with Crippen molar-refractivity contribution in [2.24, 2.45) is 15.4 Å². The van der Waals surface area contributed by atoms with Gasteiger partial charge in [-0.1, -0.05) is 50.3 Å². The van der Waals surface area contributed by atoms with Crippen LogP contribution in [0, 0.1) is 23.3 Å². The number of amidine groups is 1. The van der Waals surface area contributed by atoms with Gasteiger partial charge < -0.3 is 10.0 Å². The van der Waals surface area contributed by atoms with Gasteiger partial charge in [0.1, 0.15) is 12.0 Å². The first-order chi connectivity index (χ1) is 14.6. The lowest BCUT2D eigenvalue weighted by Gasteiger charge is -2.49. The second-order valence-corrected chi connectivity index (χ2v) is 8.68. The summed E-state index contributed by atoms with van der Waals surface area (Å²) in [5, 5.41) is 22.9. The second kappa shape index (κ2) is 9.13. The number of nitrogens with zero attached hydrogens (tertiary/aromatic N) is 4. The summed E-state index contributed by atoms with van der Waals surface area (Å²) in [6, 6.07) is 0.273. The Bertz CT molecular complexity index is 816. The SMILES string of the molecule is N#CN=C1N(C2CCCCCCC2)CC[CH]C1(CC(=O)O)C1N=C2C=CC=CC2N1. The van der Waals surface area contributed by atoms with E-state index in [2.05, 4.69) is 15.2 Å². The van der Waals surface area contributed by atoms with Crippen molar-refractivity contribution in [1.29, 1.82) is 5.26 Å². The maximum Gasteiger partial charge on any atom is 0.304 e. The lowest BCUT2D eigenvalue weighted by molar-refractivity contribution is -0.139. The summed E-state index contributed by atoms with van der Waals surface area (Å²) in [4.78, 5) is 23.4. The van der Waals surface area contributed by atoms with E-state index in [1.165, 1.54) is 19.3 Å². The molecule has 0 aromatic carbocycles. The third kappa shape index (κ3) is 4.06. The molecule has 4 aliphatic rings. The van der Waals surface area contributed by atoms with Crippen LogP contribution in [0.3, 0.4) is 0 Å². The number of allylic oxidation sites excluding steroid dienone is 2. The van der Waals surface area contributed by atoms with Crippen molar-refractivity contribution in [3.05, 3.63) is 30.7 Å². The van der Waals surface area contributed by atoms with Crippen LogP contribution in [0.1, 0.15) is 57.8 Å². The van der Waals surface area contributed by atoms with Crippen LogP contribution >= 0.6 is 0 Å². The van der Waals surface area contributed by atoms with E-state index in [9.17, 15) is 15.2 Å². The van der Waals surface area contributed by atoms with Gasteiger partial charge in [0.15, 0.2) is 0 Å². The van der Waals surface area contributed by atoms with Crippen molar-refractivity contribution >= 4 is 17.5 Å². The van der Waals surface area contributed by atoms with Crippen molar-refractivity contribution in [2.45, 2.75) is 76.0 Å². The summed E-state index contributed by atoms with van der Waals surface area (Å²) < 4.78 is 0. The van der Waals surface area contributed by atoms with Gasteiger partial charge in [-0.15, -0.1) is 0 Å². The molecule has 2 N–H and O–H groups in total. The highest BCUT2D eigenvalue weighted by Crippen LogP contribution is 2.42. The number of fused-ring (bicyclic) bond motifs is 1. The third-order valence-electron chi connectivity index (χ3n) is 6.79. The summed E-state index contributed by atoms with van der Waals surface area (Å²) in [5.74, 6) is -0.322. The van der Waals surface area contributed by atoms with Crippen LogP contribution in [0.5, 0.6) is 0 Å². The number of aliphatic carboxylic acids is 1.